The van der Waals surface area contributed by atoms with E-state index in [0.29, 0.717) is 25.0 Å². The van der Waals surface area contributed by atoms with Crippen molar-refractivity contribution in [1.29, 1.82) is 0 Å². The van der Waals surface area contributed by atoms with Crippen LogP contribution in [-0.4, -0.2) is 30.8 Å². The Morgan fingerprint density at radius 2 is 1.89 bits per heavy atom. The fraction of sp³-hybridized carbons (Fsp3) is 0.455. The topological polar surface area (TPSA) is 72.8 Å². The number of ketones is 1. The maximum atomic E-state index is 12.7. The Hall–Kier alpha value is -2.40. The molecule has 1 N–H and O–H groups in total. The number of rotatable bonds is 14. The quantitative estimate of drug-likeness (QED) is 0.385. The first-order valence-corrected chi connectivity index (χ1v) is 9.15. The van der Waals surface area contributed by atoms with E-state index in [4.69, 9.17) is 9.47 Å². The van der Waals surface area contributed by atoms with Crippen molar-refractivity contribution in [1.82, 2.24) is 0 Å². The molecule has 0 heterocycles. The van der Waals surface area contributed by atoms with Gasteiger partial charge in [-0.1, -0.05) is 37.3 Å². The minimum Gasteiger partial charge on any atom is -0.481 e. The fourth-order valence-corrected chi connectivity index (χ4v) is 2.89. The second-order valence-electron chi connectivity index (χ2n) is 6.57. The number of hydrogen-bond donors (Lipinski definition) is 1. The Morgan fingerprint density at radius 3 is 2.41 bits per heavy atom. The third-order valence-electron chi connectivity index (χ3n) is 4.58. The maximum absolute atomic E-state index is 12.7. The molecular formula is C22H30O5. The van der Waals surface area contributed by atoms with Crippen LogP contribution in [0.15, 0.2) is 49.1 Å². The normalized spacial score (nSPS) is 12.8. The zero-order chi connectivity index (χ0) is 20.2. The Balaban J connectivity index is 2.73. The molecule has 0 saturated heterocycles. The summed E-state index contributed by atoms with van der Waals surface area (Å²) in [6.07, 6.45) is 3.74. The van der Waals surface area contributed by atoms with Crippen LogP contribution < -0.4 is 4.74 Å². The highest BCUT2D eigenvalue weighted by Crippen LogP contribution is 2.27. The molecule has 0 aliphatic heterocycles. The van der Waals surface area contributed by atoms with Gasteiger partial charge in [-0.15, -0.1) is 6.58 Å². The summed E-state index contributed by atoms with van der Waals surface area (Å²) >= 11 is 0. The smallest absolute Gasteiger partial charge is 0.304 e. The lowest BCUT2D eigenvalue weighted by Gasteiger charge is -2.23. The number of hydrogen-bond acceptors (Lipinski definition) is 4. The van der Waals surface area contributed by atoms with Crippen LogP contribution in [0.3, 0.4) is 0 Å². The highest BCUT2D eigenvalue weighted by molar-refractivity contribution is 5.85. The van der Waals surface area contributed by atoms with Crippen molar-refractivity contribution >= 4 is 11.8 Å². The molecule has 0 radical (unpaired) electrons. The van der Waals surface area contributed by atoms with Crippen molar-refractivity contribution in [2.24, 2.45) is 11.8 Å². The molecule has 0 saturated carbocycles. The third kappa shape index (κ3) is 8.22. The number of aryl methyl sites for hydroxylation is 1. The number of carbonyl (C=O) groups is 2. The van der Waals surface area contributed by atoms with Crippen LogP contribution in [0, 0.1) is 11.8 Å². The van der Waals surface area contributed by atoms with Gasteiger partial charge >= 0.3 is 5.97 Å². The number of methoxy groups -OCH3 is 1. The first kappa shape index (κ1) is 22.6. The van der Waals surface area contributed by atoms with E-state index in [-0.39, 0.29) is 24.9 Å². The first-order valence-electron chi connectivity index (χ1n) is 9.15. The Morgan fingerprint density at radius 1 is 1.22 bits per heavy atom. The van der Waals surface area contributed by atoms with E-state index in [0.717, 1.165) is 17.6 Å². The van der Waals surface area contributed by atoms with Crippen LogP contribution in [0.1, 0.15) is 38.2 Å². The minimum atomic E-state index is -0.970. The Kier molecular flexibility index (Phi) is 10.1. The van der Waals surface area contributed by atoms with Gasteiger partial charge in [-0.3, -0.25) is 9.59 Å². The van der Waals surface area contributed by atoms with E-state index < -0.39 is 11.9 Å². The molecular weight excluding hydrogens is 344 g/mol. The number of carboxylic acids is 1. The summed E-state index contributed by atoms with van der Waals surface area (Å²) in [7, 11) is 1.56. The average molecular weight is 374 g/mol. The second-order valence-corrected chi connectivity index (χ2v) is 6.57. The summed E-state index contributed by atoms with van der Waals surface area (Å²) in [5.41, 5.74) is 1.99. The van der Waals surface area contributed by atoms with Crippen LogP contribution in [0.4, 0.5) is 0 Å². The fourth-order valence-electron chi connectivity index (χ4n) is 2.89. The van der Waals surface area contributed by atoms with Crippen molar-refractivity contribution in [2.75, 3.05) is 13.9 Å². The number of carbonyl (C=O) groups excluding carboxylic acids is 1. The van der Waals surface area contributed by atoms with Crippen LogP contribution >= 0.6 is 0 Å². The van der Waals surface area contributed by atoms with E-state index >= 15 is 0 Å². The molecule has 0 aliphatic rings. The van der Waals surface area contributed by atoms with Crippen molar-refractivity contribution in [3.8, 4) is 5.75 Å². The molecule has 0 fully saturated rings. The van der Waals surface area contributed by atoms with Crippen molar-refractivity contribution in [3.05, 3.63) is 54.6 Å². The number of ether oxygens (including phenoxy) is 2. The van der Waals surface area contributed by atoms with Gasteiger partial charge in [0.15, 0.2) is 6.79 Å². The van der Waals surface area contributed by atoms with E-state index in [9.17, 15) is 14.7 Å². The number of Topliss-reactive ketones (excluding diaryl/α,β-unsaturated/α-hetero) is 1. The highest BCUT2D eigenvalue weighted by Gasteiger charge is 2.28. The van der Waals surface area contributed by atoms with E-state index in [1.54, 1.807) is 13.2 Å². The Bertz CT molecular complexity index is 633. The summed E-state index contributed by atoms with van der Waals surface area (Å²) in [5.74, 6) is -1.10. The summed E-state index contributed by atoms with van der Waals surface area (Å²) in [5, 5.41) is 9.22. The molecule has 0 bridgehead atoms. The molecule has 2 atom stereocenters. The van der Waals surface area contributed by atoms with Gasteiger partial charge in [0, 0.05) is 19.4 Å². The van der Waals surface area contributed by atoms with Crippen molar-refractivity contribution in [3.63, 3.8) is 0 Å². The molecule has 5 nitrogen and oxygen atoms in total. The van der Waals surface area contributed by atoms with Crippen LogP contribution in [0.25, 0.3) is 0 Å². The standard InChI is InChI=1S/C22H30O5/c1-5-16(3)13-18(6-2)20(14-22(24)25)21(23)12-9-17-7-10-19(11-8-17)27-15-26-4/h6-8,10-11,18,20H,2-3,5,9,12-15H2,1,4H3,(H,24,25). The van der Waals surface area contributed by atoms with Crippen LogP contribution in [-0.2, 0) is 20.7 Å². The van der Waals surface area contributed by atoms with Gasteiger partial charge < -0.3 is 14.6 Å². The third-order valence-corrected chi connectivity index (χ3v) is 4.58. The summed E-state index contributed by atoms with van der Waals surface area (Å²) in [6, 6.07) is 7.44. The number of aliphatic carboxylic acids is 1. The zero-order valence-electron chi connectivity index (χ0n) is 16.3. The molecule has 0 aliphatic carbocycles. The number of benzene rings is 1. The molecule has 0 amide bonds. The van der Waals surface area contributed by atoms with Crippen molar-refractivity contribution < 1.29 is 24.2 Å². The number of carboxylic acid groups (broad SMARTS) is 1. The largest absolute Gasteiger partial charge is 0.481 e. The molecule has 5 heteroatoms. The predicted molar refractivity (Wildman–Crippen MR) is 106 cm³/mol. The lowest BCUT2D eigenvalue weighted by molar-refractivity contribution is -0.141. The molecule has 1 aromatic rings. The molecule has 148 valence electrons. The van der Waals surface area contributed by atoms with E-state index in [1.165, 1.54) is 0 Å². The maximum Gasteiger partial charge on any atom is 0.304 e. The minimum absolute atomic E-state index is 0.0501. The Labute approximate surface area is 161 Å². The summed E-state index contributed by atoms with van der Waals surface area (Å²) in [6.45, 7) is 9.96. The monoisotopic (exact) mass is 374 g/mol. The van der Waals surface area contributed by atoms with Gasteiger partial charge in [0.25, 0.3) is 0 Å². The molecule has 0 aromatic heterocycles. The molecule has 2 unspecified atom stereocenters. The van der Waals surface area contributed by atoms with E-state index in [1.807, 2.05) is 31.2 Å². The lowest BCUT2D eigenvalue weighted by Crippen LogP contribution is -2.26. The highest BCUT2D eigenvalue weighted by atomic mass is 16.7. The lowest BCUT2D eigenvalue weighted by atomic mass is 9.80. The SMILES string of the molecule is C=CC(CC(=C)CC)C(CC(=O)O)C(=O)CCc1ccc(OCOC)cc1. The van der Waals surface area contributed by atoms with Crippen LogP contribution in [0.2, 0.25) is 0 Å². The predicted octanol–water partition coefficient (Wildman–Crippen LogP) is 4.42. The van der Waals surface area contributed by atoms with Gasteiger partial charge in [-0.25, -0.2) is 0 Å². The molecule has 27 heavy (non-hydrogen) atoms. The van der Waals surface area contributed by atoms with Gasteiger partial charge in [0.1, 0.15) is 11.5 Å². The van der Waals surface area contributed by atoms with Crippen molar-refractivity contribution in [2.45, 2.75) is 39.0 Å². The molecule has 0 spiro atoms. The first-order chi connectivity index (χ1) is 12.9. The van der Waals surface area contributed by atoms with Gasteiger partial charge in [0.2, 0.25) is 0 Å². The summed E-state index contributed by atoms with van der Waals surface area (Å²) < 4.78 is 10.2. The second kappa shape index (κ2) is 12.1. The van der Waals surface area contributed by atoms with Gasteiger partial charge in [0.05, 0.1) is 6.42 Å². The molecule has 1 aromatic carbocycles. The number of allylic oxidation sites excluding steroid dienone is 2. The summed E-state index contributed by atoms with van der Waals surface area (Å²) in [4.78, 5) is 24.0. The van der Waals surface area contributed by atoms with E-state index in [2.05, 4.69) is 13.2 Å². The van der Waals surface area contributed by atoms with Gasteiger partial charge in [-0.2, -0.15) is 0 Å². The average Bonchev–Trinajstić information content (AvgIpc) is 2.67. The zero-order valence-corrected chi connectivity index (χ0v) is 16.3. The van der Waals surface area contributed by atoms with Gasteiger partial charge in [-0.05, 0) is 42.9 Å². The van der Waals surface area contributed by atoms with Crippen LogP contribution in [0.5, 0.6) is 5.75 Å². The molecule has 1 rings (SSSR count).